The first-order valence-corrected chi connectivity index (χ1v) is 7.43. The van der Waals surface area contributed by atoms with Gasteiger partial charge in [-0.15, -0.1) is 0 Å². The predicted molar refractivity (Wildman–Crippen MR) is 84.1 cm³/mol. The first-order chi connectivity index (χ1) is 11.3. The Hall–Kier alpha value is -2.67. The van der Waals surface area contributed by atoms with Crippen LogP contribution in [-0.4, -0.2) is 28.9 Å². The summed E-state index contributed by atoms with van der Waals surface area (Å²) < 4.78 is 10.5. The Morgan fingerprint density at radius 2 is 1.58 bits per heavy atom. The molecule has 1 aromatic rings. The molecule has 7 nitrogen and oxygen atoms in total. The molecule has 0 amide bonds. The summed E-state index contributed by atoms with van der Waals surface area (Å²) in [5.41, 5.74) is 0.931. The van der Waals surface area contributed by atoms with Gasteiger partial charge in [0.05, 0.1) is 17.1 Å². The van der Waals surface area contributed by atoms with Crippen molar-refractivity contribution < 1.29 is 29.3 Å². The van der Waals surface area contributed by atoms with E-state index in [9.17, 15) is 19.8 Å². The van der Waals surface area contributed by atoms with Gasteiger partial charge in [0.25, 0.3) is 0 Å². The summed E-state index contributed by atoms with van der Waals surface area (Å²) in [7, 11) is 0. The molecule has 0 radical (unpaired) electrons. The molecular weight excluding hydrogens is 338 g/mol. The summed E-state index contributed by atoms with van der Waals surface area (Å²) in [6.07, 6.45) is 0. The summed E-state index contributed by atoms with van der Waals surface area (Å²) in [4.78, 5) is 23.5. The highest BCUT2D eigenvalue weighted by molar-refractivity contribution is 6.32. The van der Waals surface area contributed by atoms with Crippen molar-refractivity contribution in [3.8, 4) is 11.5 Å². The highest BCUT2D eigenvalue weighted by atomic mass is 35.5. The van der Waals surface area contributed by atoms with Crippen molar-refractivity contribution in [2.24, 2.45) is 0 Å². The number of fused-ring (bicyclic) bond motifs is 1. The maximum absolute atomic E-state index is 11.8. The highest BCUT2D eigenvalue weighted by Gasteiger charge is 2.38. The number of ether oxygens (including phenoxy) is 2. The number of rotatable bonds is 3. The zero-order valence-corrected chi connectivity index (χ0v) is 13.6. The van der Waals surface area contributed by atoms with Gasteiger partial charge in [0.2, 0.25) is 6.79 Å². The van der Waals surface area contributed by atoms with Gasteiger partial charge in [-0.3, -0.25) is 0 Å². The van der Waals surface area contributed by atoms with Crippen LogP contribution < -0.4 is 14.8 Å². The minimum atomic E-state index is -1.22. The minimum Gasteiger partial charge on any atom is -0.478 e. The largest absolute Gasteiger partial charge is 0.478 e. The minimum absolute atomic E-state index is 0.0304. The molecule has 0 unspecified atom stereocenters. The lowest BCUT2D eigenvalue weighted by molar-refractivity contribution is -0.133. The highest BCUT2D eigenvalue weighted by Crippen LogP contribution is 2.45. The lowest BCUT2D eigenvalue weighted by atomic mass is 9.80. The number of nitrogens with one attached hydrogen (secondary N) is 1. The fourth-order valence-corrected chi connectivity index (χ4v) is 3.29. The number of carboxylic acid groups (broad SMARTS) is 2. The fourth-order valence-electron chi connectivity index (χ4n) is 3.03. The summed E-state index contributed by atoms with van der Waals surface area (Å²) >= 11 is 6.29. The standard InChI is InChI=1S/C16H14ClNO6/c1-6-12(15(19)20)14(13(16(21)22)7(2)18-6)8-3-10-11(4-9(8)17)24-5-23-10/h3-4,14,18H,5H2,1-2H3,(H,19,20)(H,21,22). The van der Waals surface area contributed by atoms with Crippen molar-refractivity contribution in [3.63, 3.8) is 0 Å². The molecule has 3 rings (SSSR count). The second kappa shape index (κ2) is 5.76. The molecule has 0 saturated heterocycles. The van der Waals surface area contributed by atoms with Gasteiger partial charge in [0.1, 0.15) is 0 Å². The number of halogens is 1. The second-order valence-electron chi connectivity index (χ2n) is 5.47. The topological polar surface area (TPSA) is 105 Å². The number of aliphatic carboxylic acids is 2. The van der Waals surface area contributed by atoms with Crippen LogP contribution in [0.3, 0.4) is 0 Å². The van der Waals surface area contributed by atoms with Crippen molar-refractivity contribution in [2.45, 2.75) is 19.8 Å². The molecule has 0 spiro atoms. The van der Waals surface area contributed by atoms with Gasteiger partial charge in [-0.2, -0.15) is 0 Å². The van der Waals surface area contributed by atoms with Crippen LogP contribution >= 0.6 is 11.6 Å². The third kappa shape index (κ3) is 2.46. The molecule has 0 aliphatic carbocycles. The third-order valence-electron chi connectivity index (χ3n) is 4.02. The number of benzene rings is 1. The van der Waals surface area contributed by atoms with Crippen LogP contribution in [0, 0.1) is 0 Å². The van der Waals surface area contributed by atoms with Crippen LogP contribution in [0.4, 0.5) is 0 Å². The molecule has 0 fully saturated rings. The third-order valence-corrected chi connectivity index (χ3v) is 4.35. The molecule has 1 aromatic carbocycles. The predicted octanol–water partition coefficient (Wildman–Crippen LogP) is 2.47. The molecule has 24 heavy (non-hydrogen) atoms. The quantitative estimate of drug-likeness (QED) is 0.768. The van der Waals surface area contributed by atoms with E-state index in [-0.39, 0.29) is 23.0 Å². The number of dihydropyridines is 1. The Bertz CT molecular complexity index is 790. The Morgan fingerprint density at radius 1 is 1.08 bits per heavy atom. The van der Waals surface area contributed by atoms with Crippen LogP contribution in [0.25, 0.3) is 0 Å². The van der Waals surface area contributed by atoms with E-state index in [1.807, 2.05) is 0 Å². The van der Waals surface area contributed by atoms with E-state index in [0.29, 0.717) is 28.5 Å². The summed E-state index contributed by atoms with van der Waals surface area (Å²) in [5, 5.41) is 22.2. The normalized spacial score (nSPS) is 17.1. The number of hydrogen-bond acceptors (Lipinski definition) is 5. The van der Waals surface area contributed by atoms with Crippen LogP contribution in [0.15, 0.2) is 34.7 Å². The van der Waals surface area contributed by atoms with Crippen LogP contribution in [0.5, 0.6) is 11.5 Å². The molecule has 8 heteroatoms. The van der Waals surface area contributed by atoms with Crippen molar-refractivity contribution in [1.82, 2.24) is 5.32 Å². The molecule has 0 aromatic heterocycles. The maximum Gasteiger partial charge on any atom is 0.334 e. The van der Waals surface area contributed by atoms with Gasteiger partial charge >= 0.3 is 11.9 Å². The van der Waals surface area contributed by atoms with E-state index in [2.05, 4.69) is 5.32 Å². The monoisotopic (exact) mass is 351 g/mol. The Morgan fingerprint density at radius 3 is 2.08 bits per heavy atom. The van der Waals surface area contributed by atoms with Gasteiger partial charge in [-0.25, -0.2) is 9.59 Å². The van der Waals surface area contributed by atoms with E-state index in [0.717, 1.165) is 0 Å². The summed E-state index contributed by atoms with van der Waals surface area (Å²) in [6.45, 7) is 3.20. The molecule has 0 saturated carbocycles. The zero-order chi connectivity index (χ0) is 17.6. The van der Waals surface area contributed by atoms with Crippen molar-refractivity contribution >= 4 is 23.5 Å². The SMILES string of the molecule is CC1=C(C(=O)O)C(c2cc3c(cc2Cl)OCO3)C(C(=O)O)=C(C)N1. The second-order valence-corrected chi connectivity index (χ2v) is 5.88. The van der Waals surface area contributed by atoms with E-state index in [4.69, 9.17) is 21.1 Å². The van der Waals surface area contributed by atoms with Crippen LogP contribution in [0.1, 0.15) is 25.3 Å². The van der Waals surface area contributed by atoms with Gasteiger partial charge in [-0.1, -0.05) is 11.6 Å². The number of allylic oxidation sites excluding steroid dienone is 2. The average molecular weight is 352 g/mol. The van der Waals surface area contributed by atoms with Crippen molar-refractivity contribution in [3.05, 3.63) is 45.3 Å². The van der Waals surface area contributed by atoms with E-state index >= 15 is 0 Å². The van der Waals surface area contributed by atoms with Crippen molar-refractivity contribution in [1.29, 1.82) is 0 Å². The Kier molecular flexibility index (Phi) is 3.88. The lowest BCUT2D eigenvalue weighted by Crippen LogP contribution is -2.31. The Labute approximate surface area is 142 Å². The Balaban J connectivity index is 2.26. The van der Waals surface area contributed by atoms with Gasteiger partial charge in [0.15, 0.2) is 11.5 Å². The van der Waals surface area contributed by atoms with E-state index < -0.39 is 17.9 Å². The molecular formula is C16H14ClNO6. The number of hydrogen-bond donors (Lipinski definition) is 3. The average Bonchev–Trinajstić information content (AvgIpc) is 2.91. The zero-order valence-electron chi connectivity index (χ0n) is 12.8. The summed E-state index contributed by atoms with van der Waals surface area (Å²) in [6, 6.07) is 3.04. The van der Waals surface area contributed by atoms with E-state index in [1.165, 1.54) is 12.1 Å². The van der Waals surface area contributed by atoms with Gasteiger partial charge < -0.3 is 25.0 Å². The maximum atomic E-state index is 11.8. The van der Waals surface area contributed by atoms with Gasteiger partial charge in [-0.05, 0) is 25.5 Å². The van der Waals surface area contributed by atoms with Gasteiger partial charge in [0, 0.05) is 22.5 Å². The number of carboxylic acids is 2. The summed E-state index contributed by atoms with van der Waals surface area (Å²) in [5.74, 6) is -2.62. The molecule has 0 atom stereocenters. The molecule has 2 aliphatic heterocycles. The first kappa shape index (κ1) is 16.2. The molecule has 2 aliphatic rings. The molecule has 0 bridgehead atoms. The lowest BCUT2D eigenvalue weighted by Gasteiger charge is -2.29. The first-order valence-electron chi connectivity index (χ1n) is 7.05. The van der Waals surface area contributed by atoms with E-state index in [1.54, 1.807) is 13.8 Å². The molecule has 126 valence electrons. The van der Waals surface area contributed by atoms with Crippen LogP contribution in [-0.2, 0) is 9.59 Å². The molecule has 2 heterocycles. The van der Waals surface area contributed by atoms with Crippen LogP contribution in [0.2, 0.25) is 5.02 Å². The fraction of sp³-hybridized carbons (Fsp3) is 0.250. The smallest absolute Gasteiger partial charge is 0.334 e. The molecule has 3 N–H and O–H groups in total. The van der Waals surface area contributed by atoms with Crippen molar-refractivity contribution in [2.75, 3.05) is 6.79 Å². The number of carbonyl (C=O) groups is 2.